The predicted molar refractivity (Wildman–Crippen MR) is 103 cm³/mol. The van der Waals surface area contributed by atoms with Crippen LogP contribution < -0.4 is 5.32 Å². The van der Waals surface area contributed by atoms with Gasteiger partial charge in [0.2, 0.25) is 0 Å². The molecule has 1 fully saturated rings. The van der Waals surface area contributed by atoms with Gasteiger partial charge in [-0.1, -0.05) is 23.8 Å². The summed E-state index contributed by atoms with van der Waals surface area (Å²) >= 11 is 0.773. The Bertz CT molecular complexity index is 974. The zero-order chi connectivity index (χ0) is 20.3. The van der Waals surface area contributed by atoms with Gasteiger partial charge in [0.05, 0.1) is 10.5 Å². The molecule has 1 saturated heterocycles. The van der Waals surface area contributed by atoms with Crippen LogP contribution in [0.1, 0.15) is 21.5 Å². The Kier molecular flexibility index (Phi) is 5.89. The van der Waals surface area contributed by atoms with Gasteiger partial charge < -0.3 is 5.32 Å². The zero-order valence-electron chi connectivity index (χ0n) is 14.9. The summed E-state index contributed by atoms with van der Waals surface area (Å²) in [5, 5.41) is 2.05. The number of nitrogens with zero attached hydrogens (tertiary/aromatic N) is 1. The van der Waals surface area contributed by atoms with Crippen molar-refractivity contribution in [3.8, 4) is 0 Å². The van der Waals surface area contributed by atoms with Gasteiger partial charge in [-0.3, -0.25) is 19.3 Å². The van der Waals surface area contributed by atoms with Crippen molar-refractivity contribution < 1.29 is 23.2 Å². The molecule has 0 radical (unpaired) electrons. The number of halogens is 2. The molecule has 28 heavy (non-hydrogen) atoms. The zero-order valence-corrected chi connectivity index (χ0v) is 15.7. The van der Waals surface area contributed by atoms with Gasteiger partial charge in [0, 0.05) is 13.1 Å². The number of carbonyl (C=O) groups excluding carboxylic acids is 3. The average molecular weight is 402 g/mol. The van der Waals surface area contributed by atoms with Gasteiger partial charge in [-0.15, -0.1) is 0 Å². The molecule has 3 rings (SSSR count). The first kappa shape index (κ1) is 19.8. The lowest BCUT2D eigenvalue weighted by Gasteiger charge is -2.13. The van der Waals surface area contributed by atoms with Crippen LogP contribution in [0.3, 0.4) is 0 Å². The largest absolute Gasteiger partial charge is 0.350 e. The molecule has 0 aromatic heterocycles. The number of aryl methyl sites for hydroxylation is 1. The van der Waals surface area contributed by atoms with Crippen molar-refractivity contribution in [2.24, 2.45) is 0 Å². The van der Waals surface area contributed by atoms with Crippen molar-refractivity contribution >= 4 is 34.9 Å². The number of rotatable bonds is 5. The molecule has 2 aromatic rings. The molecule has 144 valence electrons. The number of hydrogen-bond donors (Lipinski definition) is 1. The number of carbonyl (C=O) groups is 3. The second-order valence-corrected chi connectivity index (χ2v) is 7.12. The summed E-state index contributed by atoms with van der Waals surface area (Å²) in [5.41, 5.74) is 1.24. The highest BCUT2D eigenvalue weighted by atomic mass is 32.2. The van der Waals surface area contributed by atoms with Gasteiger partial charge in [-0.2, -0.15) is 0 Å². The second kappa shape index (κ2) is 8.35. The van der Waals surface area contributed by atoms with Gasteiger partial charge in [-0.25, -0.2) is 8.78 Å². The summed E-state index contributed by atoms with van der Waals surface area (Å²) in [7, 11) is 0. The SMILES string of the molecule is Cc1ccc(F)c(C(=O)NCCN2C(=O)S/C(=C/c3ccc(F)cc3)C2=O)c1. The van der Waals surface area contributed by atoms with Crippen LogP contribution in [-0.2, 0) is 4.79 Å². The number of hydrogen-bond acceptors (Lipinski definition) is 4. The fraction of sp³-hybridized carbons (Fsp3) is 0.150. The van der Waals surface area contributed by atoms with Crippen LogP contribution in [-0.4, -0.2) is 35.0 Å². The molecule has 1 aliphatic heterocycles. The van der Waals surface area contributed by atoms with E-state index in [-0.39, 0.29) is 23.6 Å². The molecule has 2 aromatic carbocycles. The summed E-state index contributed by atoms with van der Waals surface area (Å²) in [6, 6.07) is 9.71. The van der Waals surface area contributed by atoms with Crippen molar-refractivity contribution in [3.05, 3.63) is 75.7 Å². The van der Waals surface area contributed by atoms with E-state index >= 15 is 0 Å². The lowest BCUT2D eigenvalue weighted by atomic mass is 10.1. The minimum Gasteiger partial charge on any atom is -0.350 e. The molecule has 0 bridgehead atoms. The number of amides is 3. The topological polar surface area (TPSA) is 66.5 Å². The highest BCUT2D eigenvalue weighted by molar-refractivity contribution is 8.18. The average Bonchev–Trinajstić information content (AvgIpc) is 2.92. The number of thioether (sulfide) groups is 1. The summed E-state index contributed by atoms with van der Waals surface area (Å²) in [5.74, 6) is -2.15. The molecule has 1 aliphatic rings. The standard InChI is InChI=1S/C20H16F2N2O3S/c1-12-2-7-16(22)15(10-12)18(25)23-8-9-24-19(26)17(28-20(24)27)11-13-3-5-14(21)6-4-13/h2-7,10-11H,8-9H2,1H3,(H,23,25)/b17-11+. The third kappa shape index (κ3) is 4.45. The summed E-state index contributed by atoms with van der Waals surface area (Å²) in [4.78, 5) is 37.8. The van der Waals surface area contributed by atoms with Gasteiger partial charge in [0.15, 0.2) is 0 Å². The fourth-order valence-corrected chi connectivity index (χ4v) is 3.46. The van der Waals surface area contributed by atoms with Gasteiger partial charge >= 0.3 is 0 Å². The number of imide groups is 1. The van der Waals surface area contributed by atoms with E-state index in [4.69, 9.17) is 0 Å². The van der Waals surface area contributed by atoms with Crippen LogP contribution in [0, 0.1) is 18.6 Å². The van der Waals surface area contributed by atoms with Gasteiger partial charge in [0.25, 0.3) is 17.1 Å². The summed E-state index contributed by atoms with van der Waals surface area (Å²) in [6.07, 6.45) is 1.51. The van der Waals surface area contributed by atoms with Crippen molar-refractivity contribution in [2.75, 3.05) is 13.1 Å². The Morgan fingerprint density at radius 2 is 1.86 bits per heavy atom. The molecule has 0 atom stereocenters. The van der Waals surface area contributed by atoms with Crippen LogP contribution in [0.25, 0.3) is 6.08 Å². The first-order valence-corrected chi connectivity index (χ1v) is 9.22. The number of nitrogens with one attached hydrogen (secondary N) is 1. The first-order chi connectivity index (χ1) is 13.3. The second-order valence-electron chi connectivity index (χ2n) is 6.12. The minimum absolute atomic E-state index is 0.00587. The normalized spacial score (nSPS) is 15.4. The van der Waals surface area contributed by atoms with E-state index in [1.165, 1.54) is 42.5 Å². The van der Waals surface area contributed by atoms with Crippen LogP contribution in [0.4, 0.5) is 13.6 Å². The van der Waals surface area contributed by atoms with Crippen molar-refractivity contribution in [1.82, 2.24) is 10.2 Å². The quantitative estimate of drug-likeness (QED) is 0.774. The molecule has 0 saturated carbocycles. The summed E-state index contributed by atoms with van der Waals surface area (Å²) in [6.45, 7) is 1.70. The summed E-state index contributed by atoms with van der Waals surface area (Å²) < 4.78 is 26.7. The van der Waals surface area contributed by atoms with E-state index < -0.39 is 28.7 Å². The monoisotopic (exact) mass is 402 g/mol. The van der Waals surface area contributed by atoms with Crippen LogP contribution in [0.2, 0.25) is 0 Å². The maximum absolute atomic E-state index is 13.7. The Morgan fingerprint density at radius 1 is 1.14 bits per heavy atom. The molecule has 1 heterocycles. The fourth-order valence-electron chi connectivity index (χ4n) is 2.59. The Balaban J connectivity index is 1.61. The van der Waals surface area contributed by atoms with Crippen molar-refractivity contribution in [2.45, 2.75) is 6.92 Å². The number of benzene rings is 2. The van der Waals surface area contributed by atoms with Gasteiger partial charge in [0.1, 0.15) is 11.6 Å². The lowest BCUT2D eigenvalue weighted by Crippen LogP contribution is -2.37. The molecule has 8 heteroatoms. The Hall–Kier alpha value is -3.00. The third-order valence-corrected chi connectivity index (χ3v) is 4.94. The van der Waals surface area contributed by atoms with Crippen molar-refractivity contribution in [3.63, 3.8) is 0 Å². The molecule has 0 spiro atoms. The van der Waals surface area contributed by atoms with E-state index in [0.29, 0.717) is 5.56 Å². The maximum atomic E-state index is 13.7. The maximum Gasteiger partial charge on any atom is 0.293 e. The third-order valence-electron chi connectivity index (χ3n) is 4.03. The highest BCUT2D eigenvalue weighted by Crippen LogP contribution is 2.31. The van der Waals surface area contributed by atoms with Crippen LogP contribution >= 0.6 is 11.8 Å². The van der Waals surface area contributed by atoms with E-state index in [9.17, 15) is 23.2 Å². The van der Waals surface area contributed by atoms with Crippen LogP contribution in [0.15, 0.2) is 47.4 Å². The van der Waals surface area contributed by atoms with Gasteiger partial charge in [-0.05, 0) is 54.6 Å². The van der Waals surface area contributed by atoms with E-state index in [1.807, 2.05) is 0 Å². The van der Waals surface area contributed by atoms with E-state index in [2.05, 4.69) is 5.32 Å². The molecule has 0 aliphatic carbocycles. The lowest BCUT2D eigenvalue weighted by molar-refractivity contribution is -0.122. The Morgan fingerprint density at radius 3 is 2.57 bits per heavy atom. The molecular formula is C20H16F2N2O3S. The molecular weight excluding hydrogens is 386 g/mol. The smallest absolute Gasteiger partial charge is 0.293 e. The molecule has 0 unspecified atom stereocenters. The highest BCUT2D eigenvalue weighted by Gasteiger charge is 2.34. The molecule has 1 N–H and O–H groups in total. The van der Waals surface area contributed by atoms with E-state index in [1.54, 1.807) is 13.0 Å². The predicted octanol–water partition coefficient (Wildman–Crippen LogP) is 3.74. The van der Waals surface area contributed by atoms with Crippen LogP contribution in [0.5, 0.6) is 0 Å². The van der Waals surface area contributed by atoms with Crippen molar-refractivity contribution in [1.29, 1.82) is 0 Å². The minimum atomic E-state index is -0.642. The molecule has 3 amide bonds. The molecule has 5 nitrogen and oxygen atoms in total. The Labute approximate surface area is 164 Å². The van der Waals surface area contributed by atoms with E-state index in [0.717, 1.165) is 22.2 Å². The first-order valence-electron chi connectivity index (χ1n) is 8.40.